The molecule has 27 heavy (non-hydrogen) atoms. The van der Waals surface area contributed by atoms with Gasteiger partial charge in [-0.25, -0.2) is 4.68 Å². The third kappa shape index (κ3) is 4.37. The molecular formula is C19H26N6OS. The Morgan fingerprint density at radius 1 is 1.19 bits per heavy atom. The molecule has 1 aromatic carbocycles. The summed E-state index contributed by atoms with van der Waals surface area (Å²) >= 11 is 1.31. The van der Waals surface area contributed by atoms with E-state index >= 15 is 0 Å². The fraction of sp³-hybridized carbons (Fsp3) is 0.526. The zero-order valence-electron chi connectivity index (χ0n) is 15.6. The highest BCUT2D eigenvalue weighted by Crippen LogP contribution is 2.39. The van der Waals surface area contributed by atoms with Crippen LogP contribution in [0.15, 0.2) is 29.4 Å². The van der Waals surface area contributed by atoms with Crippen LogP contribution in [0.25, 0.3) is 0 Å². The second-order valence-corrected chi connectivity index (χ2v) is 8.48. The maximum absolute atomic E-state index is 12.2. The number of amides is 1. The number of thioether (sulfide) groups is 1. The normalized spacial score (nSPS) is 17.9. The highest BCUT2D eigenvalue weighted by molar-refractivity contribution is 7.99. The zero-order chi connectivity index (χ0) is 18.8. The third-order valence-electron chi connectivity index (χ3n) is 5.27. The lowest BCUT2D eigenvalue weighted by atomic mass is 9.99. The average molecular weight is 387 g/mol. The van der Waals surface area contributed by atoms with E-state index in [-0.39, 0.29) is 11.7 Å². The standard InChI is InChI=1S/C19H26N6OS/c1-13-8-10-24(11-9-13)16-6-4-15(5-7-16)21-17(26)12-27-19-23-22-18(25(19)20)14-2-3-14/h4-7,13-14H,2-3,8-12,20H2,1H3,(H,21,26). The second-order valence-electron chi connectivity index (χ2n) is 7.54. The molecule has 1 saturated heterocycles. The molecule has 0 spiro atoms. The Labute approximate surface area is 163 Å². The Morgan fingerprint density at radius 2 is 1.89 bits per heavy atom. The summed E-state index contributed by atoms with van der Waals surface area (Å²) in [6.45, 7) is 4.52. The number of rotatable bonds is 6. The topological polar surface area (TPSA) is 89.1 Å². The fourth-order valence-corrected chi connectivity index (χ4v) is 4.02. The van der Waals surface area contributed by atoms with Crippen molar-refractivity contribution in [3.8, 4) is 0 Å². The molecule has 1 amide bonds. The predicted octanol–water partition coefficient (Wildman–Crippen LogP) is 2.84. The molecule has 7 nitrogen and oxygen atoms in total. The number of benzene rings is 1. The first-order chi connectivity index (χ1) is 13.1. The first-order valence-corrected chi connectivity index (χ1v) is 10.6. The van der Waals surface area contributed by atoms with Gasteiger partial charge in [-0.3, -0.25) is 4.79 Å². The molecule has 1 aromatic heterocycles. The van der Waals surface area contributed by atoms with E-state index in [9.17, 15) is 4.79 Å². The number of carbonyl (C=O) groups excluding carboxylic acids is 1. The van der Waals surface area contributed by atoms with Crippen LogP contribution in [0.4, 0.5) is 11.4 Å². The van der Waals surface area contributed by atoms with Crippen molar-refractivity contribution in [2.75, 3.05) is 34.9 Å². The SMILES string of the molecule is CC1CCN(c2ccc(NC(=O)CSc3nnc(C4CC4)n3N)cc2)CC1. The Hall–Kier alpha value is -2.22. The molecule has 4 rings (SSSR count). The maximum Gasteiger partial charge on any atom is 0.234 e. The summed E-state index contributed by atoms with van der Waals surface area (Å²) in [4.78, 5) is 14.6. The third-order valence-corrected chi connectivity index (χ3v) is 6.21. The molecule has 2 heterocycles. The van der Waals surface area contributed by atoms with Crippen LogP contribution in [0.3, 0.4) is 0 Å². The van der Waals surface area contributed by atoms with Gasteiger partial charge in [-0.1, -0.05) is 18.7 Å². The monoisotopic (exact) mass is 386 g/mol. The molecule has 2 aliphatic rings. The van der Waals surface area contributed by atoms with Crippen LogP contribution in [0.5, 0.6) is 0 Å². The van der Waals surface area contributed by atoms with E-state index in [4.69, 9.17) is 5.84 Å². The van der Waals surface area contributed by atoms with Crippen LogP contribution in [0.1, 0.15) is 44.3 Å². The highest BCUT2D eigenvalue weighted by Gasteiger charge is 2.30. The molecule has 2 aromatic rings. The zero-order valence-corrected chi connectivity index (χ0v) is 16.4. The Bertz CT molecular complexity index is 793. The summed E-state index contributed by atoms with van der Waals surface area (Å²) in [6.07, 6.45) is 4.72. The van der Waals surface area contributed by atoms with Crippen molar-refractivity contribution in [1.29, 1.82) is 0 Å². The van der Waals surface area contributed by atoms with Crippen LogP contribution >= 0.6 is 11.8 Å². The Kier molecular flexibility index (Phi) is 5.24. The molecule has 0 atom stereocenters. The number of nitrogens with one attached hydrogen (secondary N) is 1. The van der Waals surface area contributed by atoms with Crippen molar-refractivity contribution in [2.45, 2.75) is 43.7 Å². The molecule has 144 valence electrons. The van der Waals surface area contributed by atoms with Gasteiger partial charge in [0.1, 0.15) is 0 Å². The van der Waals surface area contributed by atoms with Gasteiger partial charge in [-0.2, -0.15) is 0 Å². The summed E-state index contributed by atoms with van der Waals surface area (Å²) in [6, 6.07) is 8.09. The Morgan fingerprint density at radius 3 is 2.56 bits per heavy atom. The summed E-state index contributed by atoms with van der Waals surface area (Å²) in [7, 11) is 0. The van der Waals surface area contributed by atoms with E-state index in [1.807, 2.05) is 12.1 Å². The van der Waals surface area contributed by atoms with Gasteiger partial charge >= 0.3 is 0 Å². The molecule has 1 aliphatic heterocycles. The summed E-state index contributed by atoms with van der Waals surface area (Å²) in [5.41, 5.74) is 2.03. The lowest BCUT2D eigenvalue weighted by molar-refractivity contribution is -0.113. The van der Waals surface area contributed by atoms with Gasteiger partial charge < -0.3 is 16.1 Å². The van der Waals surface area contributed by atoms with Crippen molar-refractivity contribution >= 4 is 29.0 Å². The number of nitrogen functional groups attached to an aromatic ring is 1. The summed E-state index contributed by atoms with van der Waals surface area (Å²) in [5.74, 6) is 8.27. The summed E-state index contributed by atoms with van der Waals surface area (Å²) < 4.78 is 1.52. The number of piperidine rings is 1. The van der Waals surface area contributed by atoms with E-state index in [0.29, 0.717) is 11.1 Å². The van der Waals surface area contributed by atoms with Gasteiger partial charge in [0.15, 0.2) is 5.82 Å². The molecule has 0 bridgehead atoms. The van der Waals surface area contributed by atoms with Crippen molar-refractivity contribution in [2.24, 2.45) is 5.92 Å². The lowest BCUT2D eigenvalue weighted by Crippen LogP contribution is -2.32. The molecule has 3 N–H and O–H groups in total. The van der Waals surface area contributed by atoms with E-state index in [1.165, 1.54) is 35.0 Å². The second kappa shape index (κ2) is 7.80. The molecule has 8 heteroatoms. The van der Waals surface area contributed by atoms with Crippen molar-refractivity contribution in [3.63, 3.8) is 0 Å². The first kappa shape index (κ1) is 18.2. The van der Waals surface area contributed by atoms with E-state index in [0.717, 1.165) is 43.4 Å². The fourth-order valence-electron chi connectivity index (χ4n) is 3.36. The summed E-state index contributed by atoms with van der Waals surface area (Å²) in [5, 5.41) is 11.7. The first-order valence-electron chi connectivity index (χ1n) is 9.58. The van der Waals surface area contributed by atoms with Crippen molar-refractivity contribution in [3.05, 3.63) is 30.1 Å². The molecule has 2 fully saturated rings. The average Bonchev–Trinajstić information content (AvgIpc) is 3.45. The van der Waals surface area contributed by atoms with Crippen LogP contribution in [0.2, 0.25) is 0 Å². The molecule has 0 radical (unpaired) electrons. The molecule has 1 saturated carbocycles. The predicted molar refractivity (Wildman–Crippen MR) is 109 cm³/mol. The van der Waals surface area contributed by atoms with Crippen LogP contribution < -0.4 is 16.1 Å². The molecule has 1 aliphatic carbocycles. The number of nitrogens with zero attached hydrogens (tertiary/aromatic N) is 4. The maximum atomic E-state index is 12.2. The van der Waals surface area contributed by atoms with Gasteiger partial charge in [0.2, 0.25) is 11.1 Å². The number of hydrogen-bond acceptors (Lipinski definition) is 6. The number of nitrogens with two attached hydrogens (primary N) is 1. The Balaban J connectivity index is 1.28. The van der Waals surface area contributed by atoms with E-state index < -0.39 is 0 Å². The lowest BCUT2D eigenvalue weighted by Gasteiger charge is -2.32. The van der Waals surface area contributed by atoms with Gasteiger partial charge in [-0.05, 0) is 55.9 Å². The van der Waals surface area contributed by atoms with Crippen LogP contribution in [-0.2, 0) is 4.79 Å². The van der Waals surface area contributed by atoms with E-state index in [1.54, 1.807) is 0 Å². The van der Waals surface area contributed by atoms with Gasteiger partial charge in [0.05, 0.1) is 5.75 Å². The van der Waals surface area contributed by atoms with Gasteiger partial charge in [0.25, 0.3) is 0 Å². The smallest absolute Gasteiger partial charge is 0.234 e. The molecule has 0 unspecified atom stereocenters. The van der Waals surface area contributed by atoms with Crippen molar-refractivity contribution in [1.82, 2.24) is 14.9 Å². The largest absolute Gasteiger partial charge is 0.372 e. The van der Waals surface area contributed by atoms with Gasteiger partial charge in [-0.15, -0.1) is 10.2 Å². The number of aromatic nitrogens is 3. The van der Waals surface area contributed by atoms with Gasteiger partial charge in [0, 0.05) is 30.4 Å². The minimum Gasteiger partial charge on any atom is -0.372 e. The highest BCUT2D eigenvalue weighted by atomic mass is 32.2. The quantitative estimate of drug-likeness (QED) is 0.586. The minimum atomic E-state index is -0.0736. The minimum absolute atomic E-state index is 0.0736. The number of anilines is 2. The van der Waals surface area contributed by atoms with Crippen LogP contribution in [-0.4, -0.2) is 39.6 Å². The number of hydrogen-bond donors (Lipinski definition) is 2. The van der Waals surface area contributed by atoms with E-state index in [2.05, 4.69) is 39.5 Å². The number of carbonyl (C=O) groups is 1. The van der Waals surface area contributed by atoms with Crippen molar-refractivity contribution < 1.29 is 4.79 Å². The van der Waals surface area contributed by atoms with Crippen LogP contribution in [0, 0.1) is 5.92 Å². The molecular weight excluding hydrogens is 360 g/mol.